The minimum atomic E-state index is -0.0378. The van der Waals surface area contributed by atoms with Crippen molar-refractivity contribution in [2.75, 3.05) is 6.54 Å². The van der Waals surface area contributed by atoms with Crippen molar-refractivity contribution in [3.8, 4) is 6.07 Å². The fraction of sp³-hybridized carbons (Fsp3) is 0.136. The number of carbonyl (C=O) groups excluding carboxylic acids is 1. The van der Waals surface area contributed by atoms with E-state index in [1.807, 2.05) is 55.6 Å². The van der Waals surface area contributed by atoms with E-state index in [9.17, 15) is 10.1 Å². The van der Waals surface area contributed by atoms with Crippen molar-refractivity contribution in [1.82, 2.24) is 9.47 Å². The molecule has 1 aliphatic rings. The Morgan fingerprint density at radius 1 is 1.18 bits per heavy atom. The number of amides is 1. The molecule has 0 atom stereocenters. The van der Waals surface area contributed by atoms with Gasteiger partial charge in [0.05, 0.1) is 16.5 Å². The van der Waals surface area contributed by atoms with E-state index in [0.29, 0.717) is 27.9 Å². The smallest absolute Gasteiger partial charge is 0.266 e. The lowest BCUT2D eigenvalue weighted by Gasteiger charge is -2.09. The van der Waals surface area contributed by atoms with Gasteiger partial charge in [-0.25, -0.2) is 0 Å². The van der Waals surface area contributed by atoms with E-state index in [4.69, 9.17) is 12.2 Å². The molecule has 1 aliphatic heterocycles. The van der Waals surface area contributed by atoms with Crippen LogP contribution in [0.5, 0.6) is 0 Å². The molecule has 4 nitrogen and oxygen atoms in total. The summed E-state index contributed by atoms with van der Waals surface area (Å²) in [6, 6.07) is 18.0. The molecular formula is C22H17N3OS2. The number of thiocarbonyl (C=S) groups is 1. The Bertz CT molecular complexity index is 1170. The van der Waals surface area contributed by atoms with E-state index in [0.717, 1.165) is 22.0 Å². The van der Waals surface area contributed by atoms with Gasteiger partial charge >= 0.3 is 0 Å². The summed E-state index contributed by atoms with van der Waals surface area (Å²) in [6.07, 6.45) is 3.96. The normalized spacial score (nSPS) is 15.6. The molecule has 28 heavy (non-hydrogen) atoms. The number of nitrogens with zero attached hydrogens (tertiary/aromatic N) is 3. The van der Waals surface area contributed by atoms with Crippen LogP contribution in [0.1, 0.15) is 23.6 Å². The van der Waals surface area contributed by atoms with E-state index in [1.165, 1.54) is 11.8 Å². The SMILES string of the molecule is CCN1C(=O)/C(=C/c2cn(Cc3ccccc3C#N)c3ccccc23)SC1=S. The Kier molecular flexibility index (Phi) is 5.03. The van der Waals surface area contributed by atoms with Gasteiger partial charge in [-0.05, 0) is 30.7 Å². The van der Waals surface area contributed by atoms with Gasteiger partial charge in [-0.2, -0.15) is 5.26 Å². The van der Waals surface area contributed by atoms with Gasteiger partial charge < -0.3 is 4.57 Å². The fourth-order valence-electron chi connectivity index (χ4n) is 3.39. The second-order valence-electron chi connectivity index (χ2n) is 6.42. The predicted octanol–water partition coefficient (Wildman–Crippen LogP) is 4.78. The first kappa shape index (κ1) is 18.5. The first-order valence-electron chi connectivity index (χ1n) is 8.93. The fourth-order valence-corrected chi connectivity index (χ4v) is 4.76. The number of fused-ring (bicyclic) bond motifs is 1. The molecule has 1 amide bonds. The number of nitriles is 1. The lowest BCUT2D eigenvalue weighted by Crippen LogP contribution is -2.27. The minimum Gasteiger partial charge on any atom is -0.342 e. The highest BCUT2D eigenvalue weighted by atomic mass is 32.2. The van der Waals surface area contributed by atoms with Crippen LogP contribution >= 0.6 is 24.0 Å². The highest BCUT2D eigenvalue weighted by molar-refractivity contribution is 8.26. The molecule has 4 rings (SSSR count). The number of para-hydroxylation sites is 1. The minimum absolute atomic E-state index is 0.0378. The zero-order chi connectivity index (χ0) is 19.7. The van der Waals surface area contributed by atoms with Crippen molar-refractivity contribution in [1.29, 1.82) is 5.26 Å². The summed E-state index contributed by atoms with van der Waals surface area (Å²) >= 11 is 6.66. The molecule has 0 unspecified atom stereocenters. The van der Waals surface area contributed by atoms with Crippen molar-refractivity contribution < 1.29 is 4.79 Å². The Hall–Kier alpha value is -2.88. The largest absolute Gasteiger partial charge is 0.342 e. The van der Waals surface area contributed by atoms with Gasteiger partial charge in [0.15, 0.2) is 0 Å². The number of thioether (sulfide) groups is 1. The van der Waals surface area contributed by atoms with Gasteiger partial charge in [-0.3, -0.25) is 9.69 Å². The third-order valence-corrected chi connectivity index (χ3v) is 6.15. The number of hydrogen-bond acceptors (Lipinski definition) is 4. The van der Waals surface area contributed by atoms with E-state index in [1.54, 1.807) is 4.90 Å². The second kappa shape index (κ2) is 7.63. The van der Waals surface area contributed by atoms with Gasteiger partial charge in [0.2, 0.25) is 0 Å². The van der Waals surface area contributed by atoms with E-state index in [2.05, 4.69) is 22.8 Å². The average Bonchev–Trinajstić information content (AvgIpc) is 3.19. The van der Waals surface area contributed by atoms with Gasteiger partial charge in [0, 0.05) is 35.8 Å². The topological polar surface area (TPSA) is 49.0 Å². The molecule has 0 radical (unpaired) electrons. The molecule has 0 N–H and O–H groups in total. The number of aromatic nitrogens is 1. The summed E-state index contributed by atoms with van der Waals surface area (Å²) in [5.74, 6) is -0.0378. The molecule has 2 aromatic carbocycles. The molecule has 2 heterocycles. The van der Waals surface area contributed by atoms with Crippen LogP contribution < -0.4 is 0 Å². The van der Waals surface area contributed by atoms with Crippen LogP contribution in [0.3, 0.4) is 0 Å². The quantitative estimate of drug-likeness (QED) is 0.465. The third-order valence-electron chi connectivity index (χ3n) is 4.77. The molecule has 0 spiro atoms. The number of likely N-dealkylation sites (N-methyl/N-ethyl adjacent to an activating group) is 1. The molecule has 0 bridgehead atoms. The van der Waals surface area contributed by atoms with E-state index in [-0.39, 0.29) is 5.91 Å². The molecule has 3 aromatic rings. The van der Waals surface area contributed by atoms with Crippen LogP contribution in [0.4, 0.5) is 0 Å². The predicted molar refractivity (Wildman–Crippen MR) is 118 cm³/mol. The van der Waals surface area contributed by atoms with Gasteiger partial charge in [0.25, 0.3) is 5.91 Å². The standard InChI is InChI=1S/C22H17N3OS2/c1-2-25-21(26)20(28-22(25)27)11-17-14-24(19-10-6-5-9-18(17)19)13-16-8-4-3-7-15(16)12-23/h3-11,14H,2,13H2,1H3/b20-11-. The highest BCUT2D eigenvalue weighted by Gasteiger charge is 2.30. The lowest BCUT2D eigenvalue weighted by atomic mass is 10.1. The first-order chi connectivity index (χ1) is 13.6. The summed E-state index contributed by atoms with van der Waals surface area (Å²) in [5.41, 5.74) is 3.68. The average molecular weight is 404 g/mol. The van der Waals surface area contributed by atoms with Crippen molar-refractivity contribution in [3.63, 3.8) is 0 Å². The zero-order valence-electron chi connectivity index (χ0n) is 15.3. The third kappa shape index (κ3) is 3.24. The summed E-state index contributed by atoms with van der Waals surface area (Å²) in [5, 5.41) is 10.4. The van der Waals surface area contributed by atoms with Crippen LogP contribution in [-0.4, -0.2) is 26.2 Å². The number of carbonyl (C=O) groups is 1. The Morgan fingerprint density at radius 2 is 1.93 bits per heavy atom. The first-order valence-corrected chi connectivity index (χ1v) is 10.2. The van der Waals surface area contributed by atoms with Crippen molar-refractivity contribution in [3.05, 3.63) is 76.3 Å². The number of rotatable bonds is 4. The number of hydrogen-bond donors (Lipinski definition) is 0. The van der Waals surface area contributed by atoms with E-state index < -0.39 is 0 Å². The molecule has 1 aromatic heterocycles. The Balaban J connectivity index is 1.78. The zero-order valence-corrected chi connectivity index (χ0v) is 16.9. The second-order valence-corrected chi connectivity index (χ2v) is 8.10. The molecule has 0 aliphatic carbocycles. The van der Waals surface area contributed by atoms with E-state index >= 15 is 0 Å². The summed E-state index contributed by atoms with van der Waals surface area (Å²) in [4.78, 5) is 14.8. The number of benzene rings is 2. The van der Waals surface area contributed by atoms with Crippen molar-refractivity contribution in [2.24, 2.45) is 0 Å². The lowest BCUT2D eigenvalue weighted by molar-refractivity contribution is -0.121. The van der Waals surface area contributed by atoms with Gasteiger partial charge in [0.1, 0.15) is 4.32 Å². The molecular weight excluding hydrogens is 386 g/mol. The summed E-state index contributed by atoms with van der Waals surface area (Å²) in [6.45, 7) is 3.09. The molecule has 1 saturated heterocycles. The van der Waals surface area contributed by atoms with Gasteiger partial charge in [-0.15, -0.1) is 0 Å². The van der Waals surface area contributed by atoms with Crippen LogP contribution in [0.2, 0.25) is 0 Å². The van der Waals surface area contributed by atoms with Crippen LogP contribution in [0.25, 0.3) is 17.0 Å². The maximum Gasteiger partial charge on any atom is 0.266 e. The molecule has 0 saturated carbocycles. The Morgan fingerprint density at radius 3 is 2.68 bits per heavy atom. The van der Waals surface area contributed by atoms with Crippen molar-refractivity contribution in [2.45, 2.75) is 13.5 Å². The molecule has 138 valence electrons. The van der Waals surface area contributed by atoms with Crippen LogP contribution in [0, 0.1) is 11.3 Å². The van der Waals surface area contributed by atoms with Crippen molar-refractivity contribution >= 4 is 51.2 Å². The maximum atomic E-state index is 12.6. The Labute approximate surface area is 173 Å². The monoisotopic (exact) mass is 403 g/mol. The summed E-state index contributed by atoms with van der Waals surface area (Å²) < 4.78 is 2.73. The van der Waals surface area contributed by atoms with Gasteiger partial charge in [-0.1, -0.05) is 60.4 Å². The molecule has 1 fully saturated rings. The maximum absolute atomic E-state index is 12.6. The van der Waals surface area contributed by atoms with Crippen LogP contribution in [-0.2, 0) is 11.3 Å². The summed E-state index contributed by atoms with van der Waals surface area (Å²) in [7, 11) is 0. The van der Waals surface area contributed by atoms with Crippen LogP contribution in [0.15, 0.2) is 59.6 Å². The highest BCUT2D eigenvalue weighted by Crippen LogP contribution is 2.34. The molecule has 6 heteroatoms.